The average Bonchev–Trinajstić information content (AvgIpc) is 2.71. The zero-order valence-corrected chi connectivity index (χ0v) is 8.15. The van der Waals surface area contributed by atoms with Crippen LogP contribution in [0.3, 0.4) is 0 Å². The maximum absolute atomic E-state index is 11.7. The summed E-state index contributed by atoms with van der Waals surface area (Å²) in [6.07, 6.45) is 3.06. The molecule has 1 unspecified atom stereocenters. The van der Waals surface area contributed by atoms with Gasteiger partial charge in [0.05, 0.1) is 18.2 Å². The first kappa shape index (κ1) is 12.2. The molecule has 4 N–H and O–H groups in total. The molecule has 7 nitrogen and oxygen atoms in total. The Hall–Kier alpha value is -1.89. The fourth-order valence-corrected chi connectivity index (χ4v) is 1.69. The number of urea groups is 1. The van der Waals surface area contributed by atoms with Gasteiger partial charge in [0.1, 0.15) is 0 Å². The maximum atomic E-state index is 11.7. The van der Waals surface area contributed by atoms with Crippen molar-refractivity contribution in [3.63, 3.8) is 0 Å². The van der Waals surface area contributed by atoms with Crippen LogP contribution < -0.4 is 16.4 Å². The lowest BCUT2D eigenvalue weighted by Gasteiger charge is -2.23. The van der Waals surface area contributed by atoms with Gasteiger partial charge in [0.25, 0.3) is 5.91 Å². The van der Waals surface area contributed by atoms with Gasteiger partial charge >= 0.3 is 6.03 Å². The van der Waals surface area contributed by atoms with Crippen LogP contribution in [0, 0.1) is 0 Å². The minimum absolute atomic E-state index is 0. The van der Waals surface area contributed by atoms with Gasteiger partial charge in [-0.1, -0.05) is 7.43 Å². The van der Waals surface area contributed by atoms with Gasteiger partial charge in [-0.05, 0) is 0 Å². The number of nitrogens with one attached hydrogen (secondary N) is 2. The van der Waals surface area contributed by atoms with Gasteiger partial charge in [0, 0.05) is 13.6 Å². The van der Waals surface area contributed by atoms with E-state index in [1.165, 1.54) is 6.20 Å². The molecular weight excluding hydrogens is 210 g/mol. The summed E-state index contributed by atoms with van der Waals surface area (Å²) in [5, 5.41) is 4.69. The van der Waals surface area contributed by atoms with E-state index in [9.17, 15) is 9.59 Å². The van der Waals surface area contributed by atoms with Crippen LogP contribution in [0.2, 0.25) is 0 Å². The molecule has 1 saturated heterocycles. The number of hydrogen-bond donors (Lipinski definition) is 3. The first-order valence-corrected chi connectivity index (χ1v) is 4.40. The summed E-state index contributed by atoms with van der Waals surface area (Å²) in [4.78, 5) is 26.7. The van der Waals surface area contributed by atoms with E-state index in [-0.39, 0.29) is 14.0 Å². The van der Waals surface area contributed by atoms with Crippen molar-refractivity contribution in [2.24, 2.45) is 12.8 Å². The van der Waals surface area contributed by atoms with E-state index < -0.39 is 17.5 Å². The number of nitrogens with two attached hydrogens (primary N) is 1. The number of imide groups is 1. The molecule has 1 aliphatic rings. The molecule has 88 valence electrons. The Morgan fingerprint density at radius 3 is 2.62 bits per heavy atom. The zero-order chi connectivity index (χ0) is 11.1. The molecular formula is C9H15N5O2. The van der Waals surface area contributed by atoms with Gasteiger partial charge in [-0.25, -0.2) is 9.78 Å². The second-order valence-electron chi connectivity index (χ2n) is 3.41. The third-order valence-electron chi connectivity index (χ3n) is 2.50. The highest BCUT2D eigenvalue weighted by Crippen LogP contribution is 2.22. The Kier molecular flexibility index (Phi) is 2.99. The summed E-state index contributed by atoms with van der Waals surface area (Å²) in [6, 6.07) is -0.536. The summed E-state index contributed by atoms with van der Waals surface area (Å²) < 4.78 is 1.65. The van der Waals surface area contributed by atoms with E-state index in [0.717, 1.165) is 0 Å². The molecule has 7 heteroatoms. The number of rotatable bonds is 2. The third-order valence-corrected chi connectivity index (χ3v) is 2.50. The van der Waals surface area contributed by atoms with E-state index in [0.29, 0.717) is 5.69 Å². The lowest BCUT2D eigenvalue weighted by Crippen LogP contribution is -2.51. The Morgan fingerprint density at radius 1 is 1.56 bits per heavy atom. The first-order valence-electron chi connectivity index (χ1n) is 4.40. The largest absolute Gasteiger partial charge is 0.335 e. The van der Waals surface area contributed by atoms with Crippen LogP contribution in [0.5, 0.6) is 0 Å². The second kappa shape index (κ2) is 3.93. The van der Waals surface area contributed by atoms with Crippen LogP contribution >= 0.6 is 0 Å². The summed E-state index contributed by atoms with van der Waals surface area (Å²) in [5.41, 5.74) is 4.94. The SMILES string of the molecule is C.Cn1cncc1C1(CN)NC(=O)NC1=O. The van der Waals surface area contributed by atoms with Crippen LogP contribution in [0.4, 0.5) is 4.79 Å². The Balaban J connectivity index is 0.00000128. The molecule has 0 bridgehead atoms. The van der Waals surface area contributed by atoms with E-state index >= 15 is 0 Å². The van der Waals surface area contributed by atoms with Gasteiger partial charge in [-0.3, -0.25) is 10.1 Å². The second-order valence-corrected chi connectivity index (χ2v) is 3.41. The van der Waals surface area contributed by atoms with Gasteiger partial charge < -0.3 is 15.6 Å². The molecule has 0 radical (unpaired) electrons. The van der Waals surface area contributed by atoms with Crippen molar-refractivity contribution >= 4 is 11.9 Å². The van der Waals surface area contributed by atoms with Crippen molar-refractivity contribution in [2.45, 2.75) is 13.0 Å². The molecule has 16 heavy (non-hydrogen) atoms. The molecule has 3 amide bonds. The normalized spacial score (nSPS) is 23.6. The Labute approximate surface area is 93.0 Å². The minimum Gasteiger partial charge on any atom is -0.335 e. The molecule has 0 saturated carbocycles. The van der Waals surface area contributed by atoms with Crippen LogP contribution in [-0.2, 0) is 17.4 Å². The fraction of sp³-hybridized carbons (Fsp3) is 0.444. The zero-order valence-electron chi connectivity index (χ0n) is 8.15. The van der Waals surface area contributed by atoms with E-state index in [1.807, 2.05) is 0 Å². The number of carbonyl (C=O) groups is 2. The van der Waals surface area contributed by atoms with Crippen molar-refractivity contribution in [1.29, 1.82) is 0 Å². The molecule has 2 rings (SSSR count). The van der Waals surface area contributed by atoms with Gasteiger partial charge in [-0.15, -0.1) is 0 Å². The molecule has 0 spiro atoms. The summed E-state index contributed by atoms with van der Waals surface area (Å²) >= 11 is 0. The van der Waals surface area contributed by atoms with Crippen molar-refractivity contribution in [2.75, 3.05) is 6.54 Å². The Bertz CT molecular complexity index is 427. The molecule has 1 aliphatic heterocycles. The average molecular weight is 225 g/mol. The highest BCUT2D eigenvalue weighted by atomic mass is 16.2. The monoisotopic (exact) mass is 225 g/mol. The number of hydrogen-bond acceptors (Lipinski definition) is 4. The van der Waals surface area contributed by atoms with E-state index in [2.05, 4.69) is 15.6 Å². The van der Waals surface area contributed by atoms with Gasteiger partial charge in [-0.2, -0.15) is 0 Å². The molecule has 0 aliphatic carbocycles. The van der Waals surface area contributed by atoms with Crippen molar-refractivity contribution in [3.05, 3.63) is 18.2 Å². The molecule has 1 aromatic heterocycles. The number of carbonyl (C=O) groups excluding carboxylic acids is 2. The van der Waals surface area contributed by atoms with Crippen LogP contribution in [0.15, 0.2) is 12.5 Å². The van der Waals surface area contributed by atoms with Crippen molar-refractivity contribution in [1.82, 2.24) is 20.2 Å². The lowest BCUT2D eigenvalue weighted by atomic mass is 9.96. The maximum Gasteiger partial charge on any atom is 0.322 e. The van der Waals surface area contributed by atoms with Crippen LogP contribution in [-0.4, -0.2) is 28.0 Å². The number of amides is 3. The van der Waals surface area contributed by atoms with Crippen LogP contribution in [0.1, 0.15) is 13.1 Å². The van der Waals surface area contributed by atoms with E-state index in [4.69, 9.17) is 5.73 Å². The Morgan fingerprint density at radius 2 is 2.25 bits per heavy atom. The van der Waals surface area contributed by atoms with Gasteiger partial charge in [0.2, 0.25) is 0 Å². The lowest BCUT2D eigenvalue weighted by molar-refractivity contribution is -0.124. The number of aryl methyl sites for hydroxylation is 1. The summed E-state index contributed by atoms with van der Waals surface area (Å²) in [7, 11) is 1.73. The minimum atomic E-state index is -1.19. The first-order chi connectivity index (χ1) is 7.10. The van der Waals surface area contributed by atoms with Crippen LogP contribution in [0.25, 0.3) is 0 Å². The smallest absolute Gasteiger partial charge is 0.322 e. The topological polar surface area (TPSA) is 102 Å². The van der Waals surface area contributed by atoms with Gasteiger partial charge in [0.15, 0.2) is 5.54 Å². The molecule has 1 aromatic rings. The van der Waals surface area contributed by atoms with E-state index in [1.54, 1.807) is 17.9 Å². The number of imidazole rings is 1. The quantitative estimate of drug-likeness (QED) is 0.565. The summed E-state index contributed by atoms with van der Waals surface area (Å²) in [6.45, 7) is -0.00981. The predicted molar refractivity (Wildman–Crippen MR) is 57.3 cm³/mol. The highest BCUT2D eigenvalue weighted by molar-refractivity contribution is 6.07. The standard InChI is InChI=1S/C8H11N5O2.CH4/c1-13-4-10-2-5(13)8(3-9)6(14)11-7(15)12-8;/h2,4H,3,9H2,1H3,(H2,11,12,14,15);1H4. The predicted octanol–water partition coefficient (Wildman–Crippen LogP) is -0.950. The third kappa shape index (κ3) is 1.45. The molecule has 0 aromatic carbocycles. The molecule has 2 heterocycles. The molecule has 1 atom stereocenters. The number of nitrogens with zero attached hydrogens (tertiary/aromatic N) is 2. The summed E-state index contributed by atoms with van der Waals surface area (Å²) in [5.74, 6) is -0.446. The van der Waals surface area contributed by atoms with Crippen molar-refractivity contribution < 1.29 is 9.59 Å². The fourth-order valence-electron chi connectivity index (χ4n) is 1.69. The van der Waals surface area contributed by atoms with Crippen molar-refractivity contribution in [3.8, 4) is 0 Å². The number of aromatic nitrogens is 2. The highest BCUT2D eigenvalue weighted by Gasteiger charge is 2.48. The molecule has 1 fully saturated rings.